The molecule has 1 unspecified atom stereocenters. The van der Waals surface area contributed by atoms with E-state index in [1.54, 1.807) is 0 Å². The number of hydrogen-bond donors (Lipinski definition) is 1. The van der Waals surface area contributed by atoms with Crippen LogP contribution >= 0.6 is 0 Å². The molecule has 10 atom stereocenters. The number of ether oxygens (including phenoxy) is 1. The van der Waals surface area contributed by atoms with Gasteiger partial charge >= 0.3 is 5.97 Å². The van der Waals surface area contributed by atoms with Crippen molar-refractivity contribution in [3.8, 4) is 0 Å². The summed E-state index contributed by atoms with van der Waals surface area (Å²) in [6.07, 6.45) is 14.3. The number of carbonyl (C=O) groups excluding carboxylic acids is 1. The van der Waals surface area contributed by atoms with E-state index in [0.29, 0.717) is 16.7 Å². The topological polar surface area (TPSA) is 46.5 Å². The molecule has 4 saturated carbocycles. The molecule has 0 saturated heterocycles. The molecule has 3 heteroatoms. The minimum atomic E-state index is -0.405. The molecule has 0 aliphatic heterocycles. The van der Waals surface area contributed by atoms with E-state index in [1.807, 2.05) is 0 Å². The van der Waals surface area contributed by atoms with E-state index in [1.165, 1.54) is 57.8 Å². The van der Waals surface area contributed by atoms with Gasteiger partial charge in [0.1, 0.15) is 6.10 Å². The standard InChI is InChI=1S/C32H54O3/c1-20(2)21(3)8-9-22(4)27-12-13-28-26-11-10-24-18-25(35-30(34)23(5)19-33)14-16-31(24,6)29(26)15-17-32(27,28)7/h20-22,24-29,33H,5,8-19H2,1-4,6-7H3/t21-,22-,24+,25+,26+,27?,28+,29+,31+,32-/m1/s1. The Labute approximate surface area is 215 Å². The first-order valence-corrected chi connectivity index (χ1v) is 15.0. The first kappa shape index (κ1) is 27.2. The van der Waals surface area contributed by atoms with Crippen LogP contribution in [0.4, 0.5) is 0 Å². The first-order chi connectivity index (χ1) is 16.5. The Morgan fingerprint density at radius 2 is 1.63 bits per heavy atom. The Morgan fingerprint density at radius 3 is 2.31 bits per heavy atom. The molecule has 1 N–H and O–H groups in total. The molecule has 4 aliphatic rings. The third-order valence-corrected chi connectivity index (χ3v) is 12.3. The second-order valence-electron chi connectivity index (χ2n) is 14.2. The second-order valence-corrected chi connectivity index (χ2v) is 14.2. The summed E-state index contributed by atoms with van der Waals surface area (Å²) in [5.74, 6) is 6.32. The summed E-state index contributed by atoms with van der Waals surface area (Å²) in [7, 11) is 0. The molecule has 0 spiro atoms. The van der Waals surface area contributed by atoms with Crippen LogP contribution in [-0.2, 0) is 9.53 Å². The van der Waals surface area contributed by atoms with Crippen LogP contribution in [-0.4, -0.2) is 23.8 Å². The van der Waals surface area contributed by atoms with Gasteiger partial charge in [0.25, 0.3) is 0 Å². The van der Waals surface area contributed by atoms with Crippen molar-refractivity contribution in [1.29, 1.82) is 0 Å². The molecule has 0 radical (unpaired) electrons. The summed E-state index contributed by atoms with van der Waals surface area (Å²) in [6.45, 7) is 18.4. The lowest BCUT2D eigenvalue weighted by Gasteiger charge is -2.61. The summed E-state index contributed by atoms with van der Waals surface area (Å²) in [4.78, 5) is 12.2. The van der Waals surface area contributed by atoms with Gasteiger partial charge in [-0.2, -0.15) is 0 Å². The fourth-order valence-electron chi connectivity index (χ4n) is 9.66. The fraction of sp³-hybridized carbons (Fsp3) is 0.906. The number of carbonyl (C=O) groups is 1. The van der Waals surface area contributed by atoms with Gasteiger partial charge in [-0.3, -0.25) is 0 Å². The molecule has 0 amide bonds. The van der Waals surface area contributed by atoms with Crippen molar-refractivity contribution < 1.29 is 14.6 Å². The number of rotatable bonds is 8. The zero-order valence-electron chi connectivity index (χ0n) is 23.7. The molecule has 0 heterocycles. The predicted octanol–water partition coefficient (Wildman–Crippen LogP) is 7.81. The van der Waals surface area contributed by atoms with Crippen molar-refractivity contribution in [3.63, 3.8) is 0 Å². The van der Waals surface area contributed by atoms with Crippen LogP contribution in [0.2, 0.25) is 0 Å². The quantitative estimate of drug-likeness (QED) is 0.281. The number of hydrogen-bond acceptors (Lipinski definition) is 3. The SMILES string of the molecule is C=C(CO)C(=O)O[C@H]1CC[C@@]2(C)[C@@H](CC[C@@H]3[C@@H]2CC[C@]2(C)C([C@H](C)CC[C@@H](C)C(C)C)CC[C@@H]32)C1. The maximum atomic E-state index is 12.2. The lowest BCUT2D eigenvalue weighted by Crippen LogP contribution is -2.54. The van der Waals surface area contributed by atoms with Crippen molar-refractivity contribution in [2.75, 3.05) is 6.61 Å². The molecular weight excluding hydrogens is 432 g/mol. The molecule has 35 heavy (non-hydrogen) atoms. The summed E-state index contributed by atoms with van der Waals surface area (Å²) < 4.78 is 5.76. The van der Waals surface area contributed by atoms with Gasteiger partial charge in [0, 0.05) is 0 Å². The summed E-state index contributed by atoms with van der Waals surface area (Å²) >= 11 is 0. The highest BCUT2D eigenvalue weighted by Crippen LogP contribution is 2.68. The lowest BCUT2D eigenvalue weighted by molar-refractivity contribution is -0.159. The minimum absolute atomic E-state index is 0.000720. The summed E-state index contributed by atoms with van der Waals surface area (Å²) in [5, 5.41) is 9.22. The van der Waals surface area contributed by atoms with Gasteiger partial charge < -0.3 is 9.84 Å². The molecule has 0 aromatic heterocycles. The van der Waals surface area contributed by atoms with Gasteiger partial charge in [0.2, 0.25) is 0 Å². The van der Waals surface area contributed by atoms with Crippen LogP contribution in [0, 0.1) is 58.2 Å². The van der Waals surface area contributed by atoms with E-state index in [9.17, 15) is 9.90 Å². The Hall–Kier alpha value is -0.830. The Morgan fingerprint density at radius 1 is 0.943 bits per heavy atom. The Bertz CT molecular complexity index is 773. The number of aliphatic hydroxyl groups excluding tert-OH is 1. The maximum Gasteiger partial charge on any atom is 0.336 e. The third-order valence-electron chi connectivity index (χ3n) is 12.3. The molecule has 4 aliphatic carbocycles. The highest BCUT2D eigenvalue weighted by atomic mass is 16.5. The third kappa shape index (κ3) is 5.01. The molecule has 200 valence electrons. The smallest absolute Gasteiger partial charge is 0.336 e. The van der Waals surface area contributed by atoms with E-state index in [4.69, 9.17) is 4.74 Å². The van der Waals surface area contributed by atoms with Crippen molar-refractivity contribution in [3.05, 3.63) is 12.2 Å². The highest BCUT2D eigenvalue weighted by molar-refractivity contribution is 5.88. The van der Waals surface area contributed by atoms with Gasteiger partial charge in [-0.25, -0.2) is 4.79 Å². The fourth-order valence-corrected chi connectivity index (χ4v) is 9.66. The van der Waals surface area contributed by atoms with E-state index >= 15 is 0 Å². The zero-order valence-corrected chi connectivity index (χ0v) is 23.7. The van der Waals surface area contributed by atoms with Gasteiger partial charge in [-0.05, 0) is 116 Å². The monoisotopic (exact) mass is 486 g/mol. The van der Waals surface area contributed by atoms with E-state index in [0.717, 1.165) is 54.3 Å². The van der Waals surface area contributed by atoms with Gasteiger partial charge in [0.15, 0.2) is 0 Å². The van der Waals surface area contributed by atoms with Gasteiger partial charge in [0.05, 0.1) is 12.2 Å². The average molecular weight is 487 g/mol. The molecule has 4 fully saturated rings. The first-order valence-electron chi connectivity index (χ1n) is 15.0. The highest BCUT2D eigenvalue weighted by Gasteiger charge is 2.60. The van der Waals surface area contributed by atoms with Gasteiger partial charge in [-0.1, -0.05) is 61.0 Å². The summed E-state index contributed by atoms with van der Waals surface area (Å²) in [6, 6.07) is 0. The van der Waals surface area contributed by atoms with E-state index < -0.39 is 5.97 Å². The molecule has 0 aromatic rings. The number of aliphatic hydroxyl groups is 1. The normalized spacial score (nSPS) is 42.5. The summed E-state index contributed by atoms with van der Waals surface area (Å²) in [5.41, 5.74) is 1.12. The maximum absolute atomic E-state index is 12.2. The average Bonchev–Trinajstić information content (AvgIpc) is 3.19. The van der Waals surface area contributed by atoms with Crippen molar-refractivity contribution in [2.45, 2.75) is 118 Å². The van der Waals surface area contributed by atoms with Crippen LogP contribution in [0.3, 0.4) is 0 Å². The lowest BCUT2D eigenvalue weighted by atomic mass is 9.44. The van der Waals surface area contributed by atoms with E-state index in [-0.39, 0.29) is 18.3 Å². The largest absolute Gasteiger partial charge is 0.459 e. The van der Waals surface area contributed by atoms with Gasteiger partial charge in [-0.15, -0.1) is 0 Å². The predicted molar refractivity (Wildman–Crippen MR) is 144 cm³/mol. The van der Waals surface area contributed by atoms with Crippen LogP contribution in [0.15, 0.2) is 12.2 Å². The Balaban J connectivity index is 1.40. The van der Waals surface area contributed by atoms with Crippen molar-refractivity contribution in [2.24, 2.45) is 58.2 Å². The number of fused-ring (bicyclic) bond motifs is 5. The van der Waals surface area contributed by atoms with E-state index in [2.05, 4.69) is 48.1 Å². The second kappa shape index (κ2) is 10.5. The molecule has 4 rings (SSSR count). The molecule has 0 bridgehead atoms. The Kier molecular flexibility index (Phi) is 8.17. The molecule has 3 nitrogen and oxygen atoms in total. The zero-order chi connectivity index (χ0) is 25.5. The molecular formula is C32H54O3. The molecule has 0 aromatic carbocycles. The number of esters is 1. The van der Waals surface area contributed by atoms with Crippen LogP contribution in [0.1, 0.15) is 112 Å². The minimum Gasteiger partial charge on any atom is -0.459 e. The van der Waals surface area contributed by atoms with Crippen LogP contribution in [0.25, 0.3) is 0 Å². The van der Waals surface area contributed by atoms with Crippen LogP contribution in [0.5, 0.6) is 0 Å². The van der Waals surface area contributed by atoms with Crippen molar-refractivity contribution in [1.82, 2.24) is 0 Å². The van der Waals surface area contributed by atoms with Crippen LogP contribution < -0.4 is 0 Å². The van der Waals surface area contributed by atoms with Crippen molar-refractivity contribution >= 4 is 5.97 Å².